The first-order valence-electron chi connectivity index (χ1n) is 6.61. The van der Waals surface area contributed by atoms with Gasteiger partial charge in [-0.05, 0) is 6.92 Å². The van der Waals surface area contributed by atoms with Crippen molar-refractivity contribution in [2.45, 2.75) is 26.7 Å². The number of hydrogen-bond donors (Lipinski definition) is 1. The summed E-state index contributed by atoms with van der Waals surface area (Å²) in [5, 5.41) is 2.96. The summed E-state index contributed by atoms with van der Waals surface area (Å²) in [6.07, 6.45) is 0. The van der Waals surface area contributed by atoms with Crippen molar-refractivity contribution >= 4 is 5.82 Å². The highest BCUT2D eigenvalue weighted by Gasteiger charge is 2.14. The van der Waals surface area contributed by atoms with Crippen molar-refractivity contribution in [1.29, 1.82) is 0 Å². The normalized spacial score (nSPS) is 10.8. The molecular weight excluding hydrogens is 276 g/mol. The SMILES string of the molecule is CNc1nc(C(C)C)nc(Oc2cc(F)cc(F)c2)c1C. The molecule has 1 heterocycles. The topological polar surface area (TPSA) is 47.0 Å². The average molecular weight is 293 g/mol. The Balaban J connectivity index is 2.45. The molecule has 1 aromatic heterocycles. The Morgan fingerprint density at radius 1 is 1.10 bits per heavy atom. The smallest absolute Gasteiger partial charge is 0.227 e. The molecule has 0 atom stereocenters. The molecule has 0 aliphatic rings. The monoisotopic (exact) mass is 293 g/mol. The van der Waals surface area contributed by atoms with Gasteiger partial charge in [0.2, 0.25) is 5.88 Å². The number of ether oxygens (including phenoxy) is 1. The average Bonchev–Trinajstić information content (AvgIpc) is 2.39. The molecule has 0 saturated heterocycles. The van der Waals surface area contributed by atoms with Gasteiger partial charge in [-0.25, -0.2) is 13.8 Å². The van der Waals surface area contributed by atoms with Crippen LogP contribution in [0.25, 0.3) is 0 Å². The molecule has 0 unspecified atom stereocenters. The van der Waals surface area contributed by atoms with E-state index in [1.54, 1.807) is 14.0 Å². The van der Waals surface area contributed by atoms with E-state index in [-0.39, 0.29) is 17.5 Å². The van der Waals surface area contributed by atoms with E-state index in [4.69, 9.17) is 4.74 Å². The van der Waals surface area contributed by atoms with Gasteiger partial charge in [-0.3, -0.25) is 0 Å². The predicted molar refractivity (Wildman–Crippen MR) is 76.8 cm³/mol. The van der Waals surface area contributed by atoms with E-state index in [1.807, 2.05) is 13.8 Å². The maximum atomic E-state index is 13.2. The van der Waals surface area contributed by atoms with Crippen molar-refractivity contribution in [2.24, 2.45) is 0 Å². The van der Waals surface area contributed by atoms with Crippen LogP contribution in [0.3, 0.4) is 0 Å². The van der Waals surface area contributed by atoms with Crippen molar-refractivity contribution in [3.05, 3.63) is 41.2 Å². The third-order valence-electron chi connectivity index (χ3n) is 2.92. The zero-order valence-electron chi connectivity index (χ0n) is 12.4. The lowest BCUT2D eigenvalue weighted by molar-refractivity contribution is 0.443. The highest BCUT2D eigenvalue weighted by Crippen LogP contribution is 2.29. The van der Waals surface area contributed by atoms with Gasteiger partial charge in [0.05, 0.1) is 5.56 Å². The van der Waals surface area contributed by atoms with Gasteiger partial charge in [-0.1, -0.05) is 13.8 Å². The van der Waals surface area contributed by atoms with E-state index in [0.29, 0.717) is 17.2 Å². The predicted octanol–water partition coefficient (Wildman–Crippen LogP) is 4.02. The van der Waals surface area contributed by atoms with Crippen LogP contribution in [0.5, 0.6) is 11.6 Å². The second kappa shape index (κ2) is 6.03. The molecule has 6 heteroatoms. The molecule has 0 amide bonds. The Morgan fingerprint density at radius 2 is 1.71 bits per heavy atom. The molecule has 0 bridgehead atoms. The van der Waals surface area contributed by atoms with Crippen molar-refractivity contribution in [1.82, 2.24) is 9.97 Å². The summed E-state index contributed by atoms with van der Waals surface area (Å²) < 4.78 is 32.0. The van der Waals surface area contributed by atoms with E-state index in [0.717, 1.165) is 18.2 Å². The second-order valence-electron chi connectivity index (χ2n) is 4.97. The van der Waals surface area contributed by atoms with Crippen LogP contribution in [0, 0.1) is 18.6 Å². The van der Waals surface area contributed by atoms with E-state index in [2.05, 4.69) is 15.3 Å². The minimum Gasteiger partial charge on any atom is -0.438 e. The van der Waals surface area contributed by atoms with Crippen LogP contribution in [-0.4, -0.2) is 17.0 Å². The van der Waals surface area contributed by atoms with E-state index < -0.39 is 11.6 Å². The third-order valence-corrected chi connectivity index (χ3v) is 2.92. The summed E-state index contributed by atoms with van der Waals surface area (Å²) in [7, 11) is 1.74. The molecule has 2 rings (SSSR count). The lowest BCUT2D eigenvalue weighted by Gasteiger charge is -2.14. The highest BCUT2D eigenvalue weighted by atomic mass is 19.1. The molecule has 0 saturated carbocycles. The lowest BCUT2D eigenvalue weighted by atomic mass is 10.2. The molecule has 0 spiro atoms. The Labute approximate surface area is 122 Å². The molecule has 0 aliphatic heterocycles. The first kappa shape index (κ1) is 15.2. The molecule has 2 aromatic rings. The number of nitrogens with one attached hydrogen (secondary N) is 1. The van der Waals surface area contributed by atoms with E-state index in [1.165, 1.54) is 0 Å². The number of nitrogens with zero attached hydrogens (tertiary/aromatic N) is 2. The Bertz CT molecular complexity index is 639. The molecule has 21 heavy (non-hydrogen) atoms. The number of halogens is 2. The fourth-order valence-corrected chi connectivity index (χ4v) is 1.81. The Kier molecular flexibility index (Phi) is 4.35. The highest BCUT2D eigenvalue weighted by molar-refractivity contribution is 5.49. The molecule has 0 radical (unpaired) electrons. The van der Waals surface area contributed by atoms with E-state index in [9.17, 15) is 8.78 Å². The van der Waals surface area contributed by atoms with Gasteiger partial charge in [0, 0.05) is 31.2 Å². The number of hydrogen-bond acceptors (Lipinski definition) is 4. The van der Waals surface area contributed by atoms with Gasteiger partial charge >= 0.3 is 0 Å². The zero-order chi connectivity index (χ0) is 15.6. The van der Waals surface area contributed by atoms with Crippen LogP contribution >= 0.6 is 0 Å². The van der Waals surface area contributed by atoms with Gasteiger partial charge in [-0.15, -0.1) is 0 Å². The van der Waals surface area contributed by atoms with Crippen LogP contribution < -0.4 is 10.1 Å². The Hall–Kier alpha value is -2.24. The largest absolute Gasteiger partial charge is 0.438 e. The lowest BCUT2D eigenvalue weighted by Crippen LogP contribution is -2.06. The molecule has 0 fully saturated rings. The quantitative estimate of drug-likeness (QED) is 0.925. The van der Waals surface area contributed by atoms with Crippen molar-refractivity contribution in [3.8, 4) is 11.6 Å². The minimum atomic E-state index is -0.699. The van der Waals surface area contributed by atoms with Crippen molar-refractivity contribution in [2.75, 3.05) is 12.4 Å². The van der Waals surface area contributed by atoms with Gasteiger partial charge in [0.15, 0.2) is 0 Å². The van der Waals surface area contributed by atoms with Crippen LogP contribution in [0.1, 0.15) is 31.2 Å². The van der Waals surface area contributed by atoms with Crippen LogP contribution in [0.4, 0.5) is 14.6 Å². The first-order valence-corrected chi connectivity index (χ1v) is 6.61. The zero-order valence-corrected chi connectivity index (χ0v) is 12.4. The van der Waals surface area contributed by atoms with Crippen LogP contribution in [0.15, 0.2) is 18.2 Å². The Morgan fingerprint density at radius 3 is 2.24 bits per heavy atom. The minimum absolute atomic E-state index is 0.0612. The van der Waals surface area contributed by atoms with E-state index >= 15 is 0 Å². The fraction of sp³-hybridized carbons (Fsp3) is 0.333. The molecule has 112 valence electrons. The molecule has 4 nitrogen and oxygen atoms in total. The first-order chi connectivity index (χ1) is 9.90. The number of benzene rings is 1. The second-order valence-corrected chi connectivity index (χ2v) is 4.97. The number of anilines is 1. The summed E-state index contributed by atoms with van der Waals surface area (Å²) in [5.41, 5.74) is 0.673. The maximum Gasteiger partial charge on any atom is 0.227 e. The molecule has 1 N–H and O–H groups in total. The summed E-state index contributed by atoms with van der Waals surface area (Å²) in [6.45, 7) is 5.69. The van der Waals surface area contributed by atoms with Crippen molar-refractivity contribution < 1.29 is 13.5 Å². The fourth-order valence-electron chi connectivity index (χ4n) is 1.81. The standard InChI is InChI=1S/C15H17F2N3O/c1-8(2)13-19-14(18-4)9(3)15(20-13)21-12-6-10(16)5-11(17)7-12/h5-8H,1-4H3,(H,18,19,20). The van der Waals surface area contributed by atoms with Crippen LogP contribution in [0.2, 0.25) is 0 Å². The summed E-state index contributed by atoms with van der Waals surface area (Å²) in [4.78, 5) is 8.69. The van der Waals surface area contributed by atoms with Gasteiger partial charge in [0.25, 0.3) is 0 Å². The number of rotatable bonds is 4. The van der Waals surface area contributed by atoms with Gasteiger partial charge in [0.1, 0.15) is 29.0 Å². The molecule has 0 aliphatic carbocycles. The number of aromatic nitrogens is 2. The maximum absolute atomic E-state index is 13.2. The molecule has 1 aromatic carbocycles. The summed E-state index contributed by atoms with van der Waals surface area (Å²) in [6, 6.07) is 3.01. The van der Waals surface area contributed by atoms with Crippen molar-refractivity contribution in [3.63, 3.8) is 0 Å². The van der Waals surface area contributed by atoms with Crippen LogP contribution in [-0.2, 0) is 0 Å². The third kappa shape index (κ3) is 3.45. The van der Waals surface area contributed by atoms with Gasteiger partial charge < -0.3 is 10.1 Å². The molecular formula is C15H17F2N3O. The summed E-state index contributed by atoms with van der Waals surface area (Å²) >= 11 is 0. The van der Waals surface area contributed by atoms with Gasteiger partial charge in [-0.2, -0.15) is 4.98 Å². The summed E-state index contributed by atoms with van der Waals surface area (Å²) in [5.74, 6) is 0.264.